The number of hydrogen-bond donors (Lipinski definition) is 2. The maximum Gasteiger partial charge on any atom is 0.313 e. The molecular formula is C20H18ClN5O3. The molecule has 9 heteroatoms. The maximum absolute atomic E-state index is 12.5. The van der Waals surface area contributed by atoms with Crippen molar-refractivity contribution in [3.05, 3.63) is 64.9 Å². The van der Waals surface area contributed by atoms with Crippen LogP contribution in [-0.2, 0) is 22.6 Å². The number of nitrogens with zero attached hydrogens (tertiary/aromatic N) is 3. The SMILES string of the molecule is Nc1nc(COC(=O)C2COc3ccc(Cl)cc3C2)nc(Nc2ccccc2)n1. The molecule has 1 aliphatic rings. The molecule has 2 aromatic carbocycles. The summed E-state index contributed by atoms with van der Waals surface area (Å²) in [6.07, 6.45) is 0.495. The minimum Gasteiger partial charge on any atom is -0.492 e. The molecule has 8 nitrogen and oxygen atoms in total. The number of anilines is 3. The van der Waals surface area contributed by atoms with Crippen LogP contribution in [0.15, 0.2) is 48.5 Å². The molecule has 3 aromatic rings. The van der Waals surface area contributed by atoms with Gasteiger partial charge in [-0.2, -0.15) is 15.0 Å². The molecule has 148 valence electrons. The van der Waals surface area contributed by atoms with E-state index >= 15 is 0 Å². The van der Waals surface area contributed by atoms with Crippen LogP contribution in [0.1, 0.15) is 11.4 Å². The number of ether oxygens (including phenoxy) is 2. The van der Waals surface area contributed by atoms with Gasteiger partial charge in [-0.15, -0.1) is 0 Å². The van der Waals surface area contributed by atoms with E-state index in [1.165, 1.54) is 0 Å². The van der Waals surface area contributed by atoms with Crippen molar-refractivity contribution >= 4 is 35.2 Å². The number of nitrogens with two attached hydrogens (primary N) is 1. The second-order valence-electron chi connectivity index (χ2n) is 6.50. The number of aromatic nitrogens is 3. The van der Waals surface area contributed by atoms with Gasteiger partial charge in [-0.05, 0) is 42.3 Å². The molecule has 0 saturated heterocycles. The summed E-state index contributed by atoms with van der Waals surface area (Å²) in [5, 5.41) is 3.63. The molecule has 1 aromatic heterocycles. The largest absolute Gasteiger partial charge is 0.492 e. The second-order valence-corrected chi connectivity index (χ2v) is 6.93. The van der Waals surface area contributed by atoms with E-state index in [1.807, 2.05) is 30.3 Å². The van der Waals surface area contributed by atoms with Crippen LogP contribution in [0.5, 0.6) is 5.75 Å². The van der Waals surface area contributed by atoms with Gasteiger partial charge < -0.3 is 20.5 Å². The Kier molecular flexibility index (Phi) is 5.44. The zero-order valence-corrected chi connectivity index (χ0v) is 16.1. The quantitative estimate of drug-likeness (QED) is 0.616. The lowest BCUT2D eigenvalue weighted by Crippen LogP contribution is -2.29. The Bertz CT molecular complexity index is 1030. The molecule has 0 fully saturated rings. The molecule has 0 radical (unpaired) electrons. The van der Waals surface area contributed by atoms with Crippen LogP contribution in [0.3, 0.4) is 0 Å². The van der Waals surface area contributed by atoms with Crippen molar-refractivity contribution in [2.24, 2.45) is 5.92 Å². The average molecular weight is 412 g/mol. The third kappa shape index (κ3) is 4.72. The summed E-state index contributed by atoms with van der Waals surface area (Å²) in [6.45, 7) is 0.127. The Morgan fingerprint density at radius 2 is 2.03 bits per heavy atom. The highest BCUT2D eigenvalue weighted by molar-refractivity contribution is 6.30. The molecule has 0 amide bonds. The fourth-order valence-electron chi connectivity index (χ4n) is 2.98. The first kappa shape index (κ1) is 18.9. The Hall–Kier alpha value is -3.39. The molecule has 0 spiro atoms. The van der Waals surface area contributed by atoms with E-state index in [1.54, 1.807) is 18.2 Å². The molecule has 1 aliphatic heterocycles. The van der Waals surface area contributed by atoms with Crippen LogP contribution in [-0.4, -0.2) is 27.5 Å². The van der Waals surface area contributed by atoms with Gasteiger partial charge in [0.05, 0.1) is 5.92 Å². The zero-order chi connectivity index (χ0) is 20.2. The number of benzene rings is 2. The van der Waals surface area contributed by atoms with E-state index in [0.29, 0.717) is 11.4 Å². The van der Waals surface area contributed by atoms with E-state index in [9.17, 15) is 4.79 Å². The molecule has 0 aliphatic carbocycles. The number of nitrogens with one attached hydrogen (secondary N) is 1. The standard InChI is InChI=1S/C20H18ClN5O3/c21-14-6-7-16-12(9-14)8-13(10-28-16)18(27)29-11-17-24-19(22)26-20(25-17)23-15-4-2-1-3-5-15/h1-7,9,13H,8,10-11H2,(H3,22,23,24,25,26). The van der Waals surface area contributed by atoms with Gasteiger partial charge in [0, 0.05) is 10.7 Å². The number of esters is 1. The van der Waals surface area contributed by atoms with Gasteiger partial charge >= 0.3 is 5.97 Å². The highest BCUT2D eigenvalue weighted by atomic mass is 35.5. The lowest BCUT2D eigenvalue weighted by Gasteiger charge is -2.24. The zero-order valence-electron chi connectivity index (χ0n) is 15.3. The van der Waals surface area contributed by atoms with E-state index < -0.39 is 11.9 Å². The van der Waals surface area contributed by atoms with E-state index in [-0.39, 0.29) is 30.9 Å². The van der Waals surface area contributed by atoms with Crippen LogP contribution >= 0.6 is 11.6 Å². The number of carbonyl (C=O) groups is 1. The van der Waals surface area contributed by atoms with E-state index in [0.717, 1.165) is 17.0 Å². The summed E-state index contributed by atoms with van der Waals surface area (Å²) in [5.74, 6) is 0.479. The highest BCUT2D eigenvalue weighted by Gasteiger charge is 2.27. The van der Waals surface area contributed by atoms with Gasteiger partial charge in [0.25, 0.3) is 0 Å². The summed E-state index contributed by atoms with van der Waals surface area (Å²) in [4.78, 5) is 24.8. The topological polar surface area (TPSA) is 112 Å². The number of para-hydroxylation sites is 1. The monoisotopic (exact) mass is 411 g/mol. The van der Waals surface area contributed by atoms with Crippen molar-refractivity contribution in [2.45, 2.75) is 13.0 Å². The maximum atomic E-state index is 12.5. The van der Waals surface area contributed by atoms with Crippen molar-refractivity contribution in [1.29, 1.82) is 0 Å². The number of carbonyl (C=O) groups excluding carboxylic acids is 1. The van der Waals surface area contributed by atoms with Gasteiger partial charge in [-0.3, -0.25) is 4.79 Å². The number of nitrogen functional groups attached to an aromatic ring is 1. The Morgan fingerprint density at radius 3 is 2.86 bits per heavy atom. The van der Waals surface area contributed by atoms with Gasteiger partial charge in [0.15, 0.2) is 12.4 Å². The fraction of sp³-hybridized carbons (Fsp3) is 0.200. The minimum atomic E-state index is -0.429. The fourth-order valence-corrected chi connectivity index (χ4v) is 3.17. The number of fused-ring (bicyclic) bond motifs is 1. The first-order valence-electron chi connectivity index (χ1n) is 8.97. The third-order valence-corrected chi connectivity index (χ3v) is 4.57. The molecule has 4 rings (SSSR count). The molecule has 0 saturated carbocycles. The first-order chi connectivity index (χ1) is 14.1. The van der Waals surface area contributed by atoms with E-state index in [4.69, 9.17) is 26.8 Å². The molecule has 3 N–H and O–H groups in total. The van der Waals surface area contributed by atoms with Crippen LogP contribution in [0, 0.1) is 5.92 Å². The normalized spacial score (nSPS) is 15.1. The van der Waals surface area contributed by atoms with Gasteiger partial charge in [-0.25, -0.2) is 0 Å². The number of hydrogen-bond acceptors (Lipinski definition) is 8. The van der Waals surface area contributed by atoms with E-state index in [2.05, 4.69) is 20.3 Å². The summed E-state index contributed by atoms with van der Waals surface area (Å²) in [7, 11) is 0. The van der Waals surface area contributed by atoms with Crippen molar-refractivity contribution in [3.8, 4) is 5.75 Å². The Labute approximate surface area is 172 Å². The summed E-state index contributed by atoms with van der Waals surface area (Å²) < 4.78 is 11.0. The first-order valence-corrected chi connectivity index (χ1v) is 9.35. The average Bonchev–Trinajstić information content (AvgIpc) is 2.72. The summed E-state index contributed by atoms with van der Waals surface area (Å²) in [6, 6.07) is 14.8. The molecule has 29 heavy (non-hydrogen) atoms. The van der Waals surface area contributed by atoms with Crippen LogP contribution < -0.4 is 15.8 Å². The number of halogens is 1. The van der Waals surface area contributed by atoms with Gasteiger partial charge in [0.1, 0.15) is 12.4 Å². The smallest absolute Gasteiger partial charge is 0.313 e. The predicted molar refractivity (Wildman–Crippen MR) is 108 cm³/mol. The lowest BCUT2D eigenvalue weighted by molar-refractivity contribution is -0.151. The number of rotatable bonds is 5. The van der Waals surface area contributed by atoms with Gasteiger partial charge in [0.2, 0.25) is 11.9 Å². The summed E-state index contributed by atoms with van der Waals surface area (Å²) >= 11 is 6.02. The van der Waals surface area contributed by atoms with Crippen LogP contribution in [0.2, 0.25) is 5.02 Å². The lowest BCUT2D eigenvalue weighted by atomic mass is 9.97. The van der Waals surface area contributed by atoms with Gasteiger partial charge in [-0.1, -0.05) is 29.8 Å². The van der Waals surface area contributed by atoms with Crippen LogP contribution in [0.25, 0.3) is 0 Å². The third-order valence-electron chi connectivity index (χ3n) is 4.33. The van der Waals surface area contributed by atoms with Crippen LogP contribution in [0.4, 0.5) is 17.6 Å². The van der Waals surface area contributed by atoms with Crippen molar-refractivity contribution in [2.75, 3.05) is 17.7 Å². The van der Waals surface area contributed by atoms with Crippen molar-refractivity contribution in [1.82, 2.24) is 15.0 Å². The molecular weight excluding hydrogens is 394 g/mol. The molecule has 2 heterocycles. The molecule has 0 bridgehead atoms. The Morgan fingerprint density at radius 1 is 1.21 bits per heavy atom. The predicted octanol–water partition coefficient (Wildman–Crippen LogP) is 3.15. The summed E-state index contributed by atoms with van der Waals surface area (Å²) in [5.41, 5.74) is 7.44. The molecule has 1 atom stereocenters. The molecule has 1 unspecified atom stereocenters. The highest BCUT2D eigenvalue weighted by Crippen LogP contribution is 2.30. The second kappa shape index (κ2) is 8.32. The van der Waals surface area contributed by atoms with Crippen molar-refractivity contribution in [3.63, 3.8) is 0 Å². The van der Waals surface area contributed by atoms with Crippen molar-refractivity contribution < 1.29 is 14.3 Å². The minimum absolute atomic E-state index is 0.0362. The Balaban J connectivity index is 1.39.